The number of piperidine rings is 1. The molecule has 0 N–H and O–H groups in total. The van der Waals surface area contributed by atoms with Gasteiger partial charge in [0.25, 0.3) is 4.80 Å². The van der Waals surface area contributed by atoms with Crippen LogP contribution < -0.4 is 0 Å². The van der Waals surface area contributed by atoms with Gasteiger partial charge in [-0.15, -0.1) is 0 Å². The second kappa shape index (κ2) is 3.80. The molecule has 2 rings (SSSR count). The average Bonchev–Trinajstić information content (AvgIpc) is 2.53. The molecule has 72 valence electrons. The monoisotopic (exact) mass is 244 g/mol. The molecule has 0 aliphatic carbocycles. The molecular formula is C9H13BrN2O. The first kappa shape index (κ1) is 9.21. The Morgan fingerprint density at radius 3 is 2.77 bits per heavy atom. The number of nitrogens with zero attached hydrogens (tertiary/aromatic N) is 2. The summed E-state index contributed by atoms with van der Waals surface area (Å²) in [5.41, 5.74) is 1.10. The largest absolute Gasteiger partial charge is 0.439 e. The summed E-state index contributed by atoms with van der Waals surface area (Å²) < 4.78 is 5.14. The maximum atomic E-state index is 5.14. The van der Waals surface area contributed by atoms with Crippen molar-refractivity contribution in [3.63, 3.8) is 0 Å². The fourth-order valence-corrected chi connectivity index (χ4v) is 2.05. The van der Waals surface area contributed by atoms with Gasteiger partial charge in [-0.3, -0.25) is 0 Å². The van der Waals surface area contributed by atoms with Crippen LogP contribution in [0.25, 0.3) is 0 Å². The molecule has 0 aromatic carbocycles. The fourth-order valence-electron chi connectivity index (χ4n) is 1.76. The van der Waals surface area contributed by atoms with Crippen LogP contribution in [0.15, 0.2) is 15.5 Å². The molecule has 0 spiro atoms. The van der Waals surface area contributed by atoms with Gasteiger partial charge in [0.2, 0.25) is 0 Å². The van der Waals surface area contributed by atoms with Crippen LogP contribution in [0.5, 0.6) is 0 Å². The normalized spacial score (nSPS) is 20.8. The van der Waals surface area contributed by atoms with Crippen LogP contribution in [-0.2, 0) is 0 Å². The van der Waals surface area contributed by atoms with E-state index < -0.39 is 0 Å². The summed E-state index contributed by atoms with van der Waals surface area (Å²) in [6.07, 6.45) is 4.14. The fraction of sp³-hybridized carbons (Fsp3) is 0.667. The summed E-state index contributed by atoms with van der Waals surface area (Å²) in [6, 6.07) is 0. The van der Waals surface area contributed by atoms with Crippen LogP contribution in [0.3, 0.4) is 0 Å². The van der Waals surface area contributed by atoms with Gasteiger partial charge in [0.1, 0.15) is 6.26 Å². The van der Waals surface area contributed by atoms with E-state index >= 15 is 0 Å². The number of aromatic nitrogens is 1. The van der Waals surface area contributed by atoms with E-state index in [0.717, 1.165) is 18.8 Å². The third-order valence-electron chi connectivity index (χ3n) is 2.63. The predicted octanol–water partition coefficient (Wildman–Crippen LogP) is 2.25. The van der Waals surface area contributed by atoms with Crippen LogP contribution in [0.1, 0.15) is 24.5 Å². The minimum absolute atomic E-state index is 0.589. The van der Waals surface area contributed by atoms with E-state index in [0.29, 0.717) is 10.7 Å². The van der Waals surface area contributed by atoms with Crippen molar-refractivity contribution in [2.24, 2.45) is 0 Å². The van der Waals surface area contributed by atoms with E-state index in [4.69, 9.17) is 4.42 Å². The molecule has 0 bridgehead atoms. The highest BCUT2D eigenvalue weighted by Gasteiger charge is 2.20. The summed E-state index contributed by atoms with van der Waals surface area (Å²) in [5, 5.41) is 0. The molecule has 0 saturated carbocycles. The third kappa shape index (κ3) is 2.11. The Morgan fingerprint density at radius 2 is 2.23 bits per heavy atom. The molecule has 1 saturated heterocycles. The first-order chi connectivity index (χ1) is 6.25. The predicted molar refractivity (Wildman–Crippen MR) is 53.7 cm³/mol. The number of hydrogen-bond donors (Lipinski definition) is 0. The quantitative estimate of drug-likeness (QED) is 0.759. The first-order valence-corrected chi connectivity index (χ1v) is 5.34. The Bertz CT molecular complexity index is 279. The standard InChI is InChI=1S/C9H13BrN2O/c1-12-4-2-7(3-5-12)8-6-13-9(10)11-8/h6-7H,2-5H2,1H3. The van der Waals surface area contributed by atoms with Crippen LogP contribution in [-0.4, -0.2) is 30.0 Å². The summed E-state index contributed by atoms with van der Waals surface area (Å²) in [4.78, 5) is 7.24. The number of likely N-dealkylation sites (tertiary alicyclic amines) is 1. The van der Waals surface area contributed by atoms with Crippen LogP contribution in [0, 0.1) is 0 Å². The van der Waals surface area contributed by atoms with E-state index in [1.807, 2.05) is 0 Å². The third-order valence-corrected chi connectivity index (χ3v) is 2.99. The number of halogens is 1. The maximum Gasteiger partial charge on any atom is 0.264 e. The van der Waals surface area contributed by atoms with Crippen molar-refractivity contribution in [3.05, 3.63) is 16.8 Å². The van der Waals surface area contributed by atoms with Crippen molar-refractivity contribution < 1.29 is 4.42 Å². The van der Waals surface area contributed by atoms with Crippen molar-refractivity contribution in [1.29, 1.82) is 0 Å². The molecule has 0 radical (unpaired) electrons. The van der Waals surface area contributed by atoms with Crippen molar-refractivity contribution >= 4 is 15.9 Å². The summed E-state index contributed by atoms with van der Waals surface area (Å²) in [5.74, 6) is 0.589. The molecule has 0 atom stereocenters. The van der Waals surface area contributed by atoms with Gasteiger partial charge in [-0.2, -0.15) is 0 Å². The van der Waals surface area contributed by atoms with Crippen molar-refractivity contribution in [3.8, 4) is 0 Å². The minimum atomic E-state index is 0.589. The molecule has 0 unspecified atom stereocenters. The molecule has 1 aromatic heterocycles. The number of hydrogen-bond acceptors (Lipinski definition) is 3. The van der Waals surface area contributed by atoms with E-state index in [1.54, 1.807) is 6.26 Å². The molecule has 1 aliphatic rings. The van der Waals surface area contributed by atoms with Gasteiger partial charge in [0.05, 0.1) is 5.69 Å². The highest BCUT2D eigenvalue weighted by molar-refractivity contribution is 9.10. The molecule has 0 amide bonds. The molecule has 3 nitrogen and oxygen atoms in total. The summed E-state index contributed by atoms with van der Waals surface area (Å²) in [7, 11) is 2.16. The van der Waals surface area contributed by atoms with Gasteiger partial charge < -0.3 is 9.32 Å². The lowest BCUT2D eigenvalue weighted by molar-refractivity contribution is 0.253. The maximum absolute atomic E-state index is 5.14. The van der Waals surface area contributed by atoms with Gasteiger partial charge in [-0.05, 0) is 33.0 Å². The molecule has 1 fully saturated rings. The lowest BCUT2D eigenvalue weighted by Gasteiger charge is -2.27. The zero-order valence-electron chi connectivity index (χ0n) is 7.66. The summed E-state index contributed by atoms with van der Waals surface area (Å²) in [6.45, 7) is 2.32. The highest BCUT2D eigenvalue weighted by atomic mass is 79.9. The SMILES string of the molecule is CN1CCC(c2coc(Br)n2)CC1. The van der Waals surface area contributed by atoms with Gasteiger partial charge in [0.15, 0.2) is 0 Å². The van der Waals surface area contributed by atoms with Crippen LogP contribution in [0.2, 0.25) is 0 Å². The van der Waals surface area contributed by atoms with Crippen molar-refractivity contribution in [2.45, 2.75) is 18.8 Å². The van der Waals surface area contributed by atoms with Gasteiger partial charge in [0, 0.05) is 21.8 Å². The van der Waals surface area contributed by atoms with E-state index in [9.17, 15) is 0 Å². The number of rotatable bonds is 1. The van der Waals surface area contributed by atoms with Gasteiger partial charge in [-0.25, -0.2) is 4.98 Å². The Hall–Kier alpha value is -0.350. The second-order valence-corrected chi connectivity index (χ2v) is 4.28. The second-order valence-electron chi connectivity index (χ2n) is 3.60. The molecule has 1 aliphatic heterocycles. The Kier molecular flexibility index (Phi) is 2.69. The molecule has 2 heterocycles. The lowest BCUT2D eigenvalue weighted by Crippen LogP contribution is -2.29. The lowest BCUT2D eigenvalue weighted by atomic mass is 9.94. The average molecular weight is 245 g/mol. The molecule has 1 aromatic rings. The van der Waals surface area contributed by atoms with Crippen LogP contribution in [0.4, 0.5) is 0 Å². The first-order valence-electron chi connectivity index (χ1n) is 4.55. The minimum Gasteiger partial charge on any atom is -0.439 e. The smallest absolute Gasteiger partial charge is 0.264 e. The molecule has 13 heavy (non-hydrogen) atoms. The van der Waals surface area contributed by atoms with Crippen LogP contribution >= 0.6 is 15.9 Å². The topological polar surface area (TPSA) is 29.3 Å². The Labute approximate surface area is 86.3 Å². The Morgan fingerprint density at radius 1 is 1.54 bits per heavy atom. The van der Waals surface area contributed by atoms with E-state index in [1.165, 1.54) is 12.8 Å². The van der Waals surface area contributed by atoms with Gasteiger partial charge >= 0.3 is 0 Å². The number of oxazole rings is 1. The zero-order valence-corrected chi connectivity index (χ0v) is 9.25. The zero-order chi connectivity index (χ0) is 9.26. The van der Waals surface area contributed by atoms with E-state index in [2.05, 4.69) is 32.9 Å². The Balaban J connectivity index is 2.02. The highest BCUT2D eigenvalue weighted by Crippen LogP contribution is 2.27. The van der Waals surface area contributed by atoms with Gasteiger partial charge in [-0.1, -0.05) is 0 Å². The van der Waals surface area contributed by atoms with Crippen molar-refractivity contribution in [1.82, 2.24) is 9.88 Å². The summed E-state index contributed by atoms with van der Waals surface area (Å²) >= 11 is 3.22. The van der Waals surface area contributed by atoms with E-state index in [-0.39, 0.29) is 0 Å². The molecular weight excluding hydrogens is 232 g/mol. The molecule has 4 heteroatoms. The van der Waals surface area contributed by atoms with Crippen molar-refractivity contribution in [2.75, 3.05) is 20.1 Å².